The van der Waals surface area contributed by atoms with E-state index in [1.807, 2.05) is 12.3 Å². The Kier molecular flexibility index (Phi) is 1.77. The highest BCUT2D eigenvalue weighted by Crippen LogP contribution is 2.24. The van der Waals surface area contributed by atoms with Crippen molar-refractivity contribution in [2.24, 2.45) is 0 Å². The fraction of sp³-hybridized carbons (Fsp3) is 0.125. The molecule has 4 heteroatoms. The number of hydrogen-bond acceptors (Lipinski definition) is 3. The van der Waals surface area contributed by atoms with Gasteiger partial charge in [-0.25, -0.2) is 0 Å². The van der Waals surface area contributed by atoms with Crippen molar-refractivity contribution in [2.75, 3.05) is 0 Å². The third kappa shape index (κ3) is 1.08. The van der Waals surface area contributed by atoms with Gasteiger partial charge in [0.25, 0.3) is 0 Å². The van der Waals surface area contributed by atoms with E-state index in [2.05, 4.69) is 26.6 Å². The average Bonchev–Trinajstić information content (AvgIpc) is 2.46. The molecule has 0 aromatic carbocycles. The molecule has 1 unspecified atom stereocenters. The van der Waals surface area contributed by atoms with Crippen LogP contribution in [-0.2, 0) is 4.79 Å². The number of dihydropyridines is 1. The number of rotatable bonds is 1. The van der Waals surface area contributed by atoms with Gasteiger partial charge >= 0.3 is 0 Å². The van der Waals surface area contributed by atoms with E-state index in [-0.39, 0.29) is 6.17 Å². The van der Waals surface area contributed by atoms with Crippen LogP contribution < -0.4 is 10.6 Å². The highest BCUT2D eigenvalue weighted by Gasteiger charge is 2.23. The quantitative estimate of drug-likeness (QED) is 0.650. The molecule has 2 N–H and O–H groups in total. The standard InChI is InChI=1S/C8H7BrN2O/c9-6-1-7-5(4-12)2-10-8(7)11-3-6/h1-4,8,10-11H. The normalized spacial score (nSPS) is 25.8. The second-order valence-corrected chi connectivity index (χ2v) is 3.53. The van der Waals surface area contributed by atoms with Crippen LogP contribution in [0.1, 0.15) is 0 Å². The van der Waals surface area contributed by atoms with E-state index < -0.39 is 0 Å². The summed E-state index contributed by atoms with van der Waals surface area (Å²) >= 11 is 3.33. The molecule has 2 heterocycles. The van der Waals surface area contributed by atoms with Gasteiger partial charge in [-0.3, -0.25) is 4.79 Å². The summed E-state index contributed by atoms with van der Waals surface area (Å²) in [4.78, 5) is 10.6. The Hall–Kier alpha value is -1.03. The molecule has 0 radical (unpaired) electrons. The molecule has 12 heavy (non-hydrogen) atoms. The van der Waals surface area contributed by atoms with Crippen LogP contribution in [0.5, 0.6) is 0 Å². The van der Waals surface area contributed by atoms with Gasteiger partial charge in [-0.1, -0.05) is 0 Å². The van der Waals surface area contributed by atoms with E-state index in [0.717, 1.165) is 16.3 Å². The molecule has 0 aliphatic carbocycles. The lowest BCUT2D eigenvalue weighted by Gasteiger charge is -2.18. The minimum Gasteiger partial charge on any atom is -0.367 e. The first kappa shape index (κ1) is 7.61. The molecule has 2 aliphatic heterocycles. The number of aldehydes is 1. The molecule has 0 aromatic rings. The third-order valence-electron chi connectivity index (χ3n) is 1.86. The molecule has 0 bridgehead atoms. The van der Waals surface area contributed by atoms with Gasteiger partial charge in [0.2, 0.25) is 0 Å². The molecule has 0 aromatic heterocycles. The van der Waals surface area contributed by atoms with Crippen LogP contribution in [0, 0.1) is 0 Å². The smallest absolute Gasteiger partial charge is 0.151 e. The Morgan fingerprint density at radius 1 is 1.42 bits per heavy atom. The van der Waals surface area contributed by atoms with Gasteiger partial charge < -0.3 is 10.6 Å². The van der Waals surface area contributed by atoms with E-state index in [1.54, 1.807) is 6.20 Å². The van der Waals surface area contributed by atoms with Gasteiger partial charge in [-0.05, 0) is 22.0 Å². The number of fused-ring (bicyclic) bond motifs is 1. The Labute approximate surface area is 78.3 Å². The van der Waals surface area contributed by atoms with Gasteiger partial charge in [-0.2, -0.15) is 0 Å². The van der Waals surface area contributed by atoms with Crippen LogP contribution in [0.25, 0.3) is 0 Å². The topological polar surface area (TPSA) is 41.1 Å². The molecular weight excluding hydrogens is 220 g/mol. The van der Waals surface area contributed by atoms with Crippen LogP contribution in [0.3, 0.4) is 0 Å². The second kappa shape index (κ2) is 2.79. The van der Waals surface area contributed by atoms with E-state index in [1.165, 1.54) is 0 Å². The maximum atomic E-state index is 10.6. The zero-order chi connectivity index (χ0) is 8.55. The Bertz CT molecular complexity index is 317. The predicted octanol–water partition coefficient (Wildman–Crippen LogP) is 0.764. The van der Waals surface area contributed by atoms with Crippen LogP contribution in [-0.4, -0.2) is 12.5 Å². The van der Waals surface area contributed by atoms with E-state index in [0.29, 0.717) is 5.57 Å². The SMILES string of the molecule is O=CC1=CNC2NC=C(Br)C=C12. The van der Waals surface area contributed by atoms with Crippen molar-refractivity contribution >= 4 is 22.2 Å². The maximum absolute atomic E-state index is 10.6. The van der Waals surface area contributed by atoms with Gasteiger partial charge in [0.1, 0.15) is 6.17 Å². The molecule has 2 rings (SSSR count). The van der Waals surface area contributed by atoms with Crippen LogP contribution in [0.15, 0.2) is 34.1 Å². The van der Waals surface area contributed by atoms with Gasteiger partial charge in [-0.15, -0.1) is 0 Å². The average molecular weight is 227 g/mol. The minimum absolute atomic E-state index is 0.0616. The highest BCUT2D eigenvalue weighted by atomic mass is 79.9. The van der Waals surface area contributed by atoms with Gasteiger partial charge in [0, 0.05) is 28.0 Å². The Morgan fingerprint density at radius 2 is 2.17 bits per heavy atom. The lowest BCUT2D eigenvalue weighted by Crippen LogP contribution is -2.36. The Morgan fingerprint density at radius 3 is 2.92 bits per heavy atom. The van der Waals surface area contributed by atoms with Crippen molar-refractivity contribution in [3.8, 4) is 0 Å². The zero-order valence-corrected chi connectivity index (χ0v) is 7.76. The van der Waals surface area contributed by atoms with E-state index >= 15 is 0 Å². The summed E-state index contributed by atoms with van der Waals surface area (Å²) in [6.07, 6.45) is 6.41. The molecule has 0 saturated heterocycles. The number of nitrogens with one attached hydrogen (secondary N) is 2. The summed E-state index contributed by atoms with van der Waals surface area (Å²) in [5.74, 6) is 0. The van der Waals surface area contributed by atoms with Crippen LogP contribution >= 0.6 is 15.9 Å². The summed E-state index contributed by atoms with van der Waals surface area (Å²) in [5, 5.41) is 6.14. The number of carbonyl (C=O) groups excluding carboxylic acids is 1. The van der Waals surface area contributed by atoms with E-state index in [9.17, 15) is 4.79 Å². The zero-order valence-electron chi connectivity index (χ0n) is 6.17. The summed E-state index contributed by atoms with van der Waals surface area (Å²) in [6, 6.07) is 0. The first-order valence-corrected chi connectivity index (χ1v) is 4.35. The maximum Gasteiger partial charge on any atom is 0.151 e. The Balaban J connectivity index is 2.35. The summed E-state index contributed by atoms with van der Waals surface area (Å²) in [6.45, 7) is 0. The van der Waals surface area contributed by atoms with Crippen molar-refractivity contribution in [3.05, 3.63) is 34.1 Å². The van der Waals surface area contributed by atoms with Crippen molar-refractivity contribution in [1.82, 2.24) is 10.6 Å². The molecule has 62 valence electrons. The fourth-order valence-corrected chi connectivity index (χ4v) is 1.65. The molecule has 0 fully saturated rings. The summed E-state index contributed by atoms with van der Waals surface area (Å²) in [7, 11) is 0. The molecule has 0 amide bonds. The fourth-order valence-electron chi connectivity index (χ4n) is 1.27. The van der Waals surface area contributed by atoms with Crippen molar-refractivity contribution in [3.63, 3.8) is 0 Å². The molecule has 3 nitrogen and oxygen atoms in total. The molecule has 2 aliphatic rings. The molecule has 0 saturated carbocycles. The predicted molar refractivity (Wildman–Crippen MR) is 49.3 cm³/mol. The molecule has 0 spiro atoms. The summed E-state index contributed by atoms with van der Waals surface area (Å²) in [5.41, 5.74) is 1.69. The third-order valence-corrected chi connectivity index (χ3v) is 2.32. The number of hydrogen-bond donors (Lipinski definition) is 2. The van der Waals surface area contributed by atoms with Crippen molar-refractivity contribution in [1.29, 1.82) is 0 Å². The number of carbonyl (C=O) groups is 1. The second-order valence-electron chi connectivity index (χ2n) is 2.61. The lowest BCUT2D eigenvalue weighted by atomic mass is 10.1. The first-order valence-electron chi connectivity index (χ1n) is 3.56. The van der Waals surface area contributed by atoms with E-state index in [4.69, 9.17) is 0 Å². The van der Waals surface area contributed by atoms with Crippen LogP contribution in [0.2, 0.25) is 0 Å². The lowest BCUT2D eigenvalue weighted by molar-refractivity contribution is -0.104. The molecule has 1 atom stereocenters. The number of allylic oxidation sites excluding steroid dienone is 2. The van der Waals surface area contributed by atoms with Crippen LogP contribution in [0.4, 0.5) is 0 Å². The largest absolute Gasteiger partial charge is 0.367 e. The molecular formula is C8H7BrN2O. The van der Waals surface area contributed by atoms with Gasteiger partial charge in [0.05, 0.1) is 0 Å². The van der Waals surface area contributed by atoms with Crippen molar-refractivity contribution in [2.45, 2.75) is 6.17 Å². The number of halogens is 1. The highest BCUT2D eigenvalue weighted by molar-refractivity contribution is 9.11. The minimum atomic E-state index is 0.0616. The van der Waals surface area contributed by atoms with Crippen molar-refractivity contribution < 1.29 is 4.79 Å². The monoisotopic (exact) mass is 226 g/mol. The summed E-state index contributed by atoms with van der Waals surface area (Å²) < 4.78 is 0.949. The first-order chi connectivity index (χ1) is 5.81. The van der Waals surface area contributed by atoms with Gasteiger partial charge in [0.15, 0.2) is 6.29 Å².